The molecule has 0 fully saturated rings. The third-order valence-electron chi connectivity index (χ3n) is 5.98. The van der Waals surface area contributed by atoms with E-state index >= 15 is 0 Å². The van der Waals surface area contributed by atoms with Crippen molar-refractivity contribution in [3.8, 4) is 0 Å². The Morgan fingerprint density at radius 1 is 0.767 bits per heavy atom. The fourth-order valence-corrected chi connectivity index (χ4v) is 3.99. The first kappa shape index (κ1) is 26.5. The predicted molar refractivity (Wildman–Crippen MR) is 121 cm³/mol. The summed E-state index contributed by atoms with van der Waals surface area (Å²) in [6.45, 7) is 2.62. The van der Waals surface area contributed by atoms with E-state index in [2.05, 4.69) is 6.92 Å². The van der Waals surface area contributed by atoms with E-state index in [1.807, 2.05) is 0 Å². The van der Waals surface area contributed by atoms with Gasteiger partial charge in [0.1, 0.15) is 5.76 Å². The smallest absolute Gasteiger partial charge is 0.309 e. The minimum Gasteiger partial charge on any atom is -0.508 e. The molecule has 5 heteroatoms. The zero-order valence-electron chi connectivity index (χ0n) is 19.1. The normalized spacial score (nSPS) is 16.8. The summed E-state index contributed by atoms with van der Waals surface area (Å²) in [5, 5.41) is 18.8. The number of unbranched alkanes of at least 4 members (excludes halogenated alkanes) is 15. The summed E-state index contributed by atoms with van der Waals surface area (Å²) < 4.78 is 5.23. The first-order valence-electron chi connectivity index (χ1n) is 12.4. The van der Waals surface area contributed by atoms with Crippen LogP contribution in [0.25, 0.3) is 0 Å². The molecule has 1 unspecified atom stereocenters. The molecule has 0 heterocycles. The molecule has 0 aromatic carbocycles. The van der Waals surface area contributed by atoms with E-state index in [0.717, 1.165) is 19.3 Å². The molecule has 0 aromatic heterocycles. The monoisotopic (exact) mass is 424 g/mol. The lowest BCUT2D eigenvalue weighted by molar-refractivity contribution is -0.151. The van der Waals surface area contributed by atoms with Gasteiger partial charge in [0.05, 0.1) is 12.5 Å². The lowest BCUT2D eigenvalue weighted by Crippen LogP contribution is -2.27. The molecule has 1 aliphatic carbocycles. The maximum Gasteiger partial charge on any atom is 0.309 e. The van der Waals surface area contributed by atoms with Crippen LogP contribution < -0.4 is 0 Å². The van der Waals surface area contributed by atoms with Gasteiger partial charge in [0.25, 0.3) is 0 Å². The van der Waals surface area contributed by atoms with E-state index in [1.54, 1.807) is 0 Å². The SMILES string of the molecule is CCCCCCCCCCCCCCCCCCOC(=O)C1CC(=O)C(O)=C(O)C1. The van der Waals surface area contributed by atoms with E-state index in [1.165, 1.54) is 83.5 Å². The topological polar surface area (TPSA) is 83.8 Å². The highest BCUT2D eigenvalue weighted by atomic mass is 16.5. The second-order valence-corrected chi connectivity index (χ2v) is 8.79. The molecule has 0 bridgehead atoms. The summed E-state index contributed by atoms with van der Waals surface area (Å²) in [4.78, 5) is 23.4. The van der Waals surface area contributed by atoms with E-state index in [4.69, 9.17) is 4.74 Å². The van der Waals surface area contributed by atoms with Gasteiger partial charge in [-0.1, -0.05) is 103 Å². The summed E-state index contributed by atoms with van der Waals surface area (Å²) in [6, 6.07) is 0. The van der Waals surface area contributed by atoms with Crippen molar-refractivity contribution in [2.45, 2.75) is 122 Å². The molecule has 1 rings (SSSR count). The second-order valence-electron chi connectivity index (χ2n) is 8.79. The van der Waals surface area contributed by atoms with Crippen LogP contribution in [0.15, 0.2) is 11.5 Å². The molecule has 5 nitrogen and oxygen atoms in total. The quantitative estimate of drug-likeness (QED) is 0.181. The highest BCUT2D eigenvalue weighted by molar-refractivity contribution is 5.97. The maximum absolute atomic E-state index is 12.0. The van der Waals surface area contributed by atoms with E-state index in [9.17, 15) is 19.8 Å². The van der Waals surface area contributed by atoms with Crippen LogP contribution in [0.1, 0.15) is 122 Å². The zero-order chi connectivity index (χ0) is 22.0. The number of hydrogen-bond donors (Lipinski definition) is 2. The van der Waals surface area contributed by atoms with Crippen LogP contribution in [-0.4, -0.2) is 28.6 Å². The van der Waals surface area contributed by atoms with Gasteiger partial charge in [-0.3, -0.25) is 9.59 Å². The van der Waals surface area contributed by atoms with Crippen molar-refractivity contribution in [2.24, 2.45) is 5.92 Å². The molecule has 0 radical (unpaired) electrons. The Morgan fingerprint density at radius 3 is 1.63 bits per heavy atom. The highest BCUT2D eigenvalue weighted by Gasteiger charge is 2.32. The number of aliphatic hydroxyl groups excluding tert-OH is 2. The third-order valence-corrected chi connectivity index (χ3v) is 5.98. The number of ether oxygens (including phenoxy) is 1. The van der Waals surface area contributed by atoms with Crippen molar-refractivity contribution in [1.82, 2.24) is 0 Å². The van der Waals surface area contributed by atoms with Gasteiger partial charge in [-0.25, -0.2) is 0 Å². The Morgan fingerprint density at radius 2 is 1.20 bits per heavy atom. The Bertz CT molecular complexity index is 512. The minimum atomic E-state index is -0.672. The van der Waals surface area contributed by atoms with Gasteiger partial charge in [0.15, 0.2) is 5.76 Å². The average Bonchev–Trinajstić information content (AvgIpc) is 2.73. The van der Waals surface area contributed by atoms with Crippen LogP contribution in [-0.2, 0) is 14.3 Å². The summed E-state index contributed by atoms with van der Waals surface area (Å²) in [6.07, 6.45) is 20.7. The molecule has 0 saturated heterocycles. The van der Waals surface area contributed by atoms with Crippen molar-refractivity contribution < 1.29 is 24.5 Å². The van der Waals surface area contributed by atoms with Gasteiger partial charge < -0.3 is 14.9 Å². The number of esters is 1. The van der Waals surface area contributed by atoms with Crippen LogP contribution in [0, 0.1) is 5.92 Å². The average molecular weight is 425 g/mol. The van der Waals surface area contributed by atoms with E-state index in [-0.39, 0.29) is 12.8 Å². The van der Waals surface area contributed by atoms with Crippen LogP contribution >= 0.6 is 0 Å². The van der Waals surface area contributed by atoms with Gasteiger partial charge in [-0.2, -0.15) is 0 Å². The first-order chi connectivity index (χ1) is 14.6. The zero-order valence-corrected chi connectivity index (χ0v) is 19.1. The number of ketones is 1. The van der Waals surface area contributed by atoms with Crippen molar-refractivity contribution in [2.75, 3.05) is 6.61 Å². The molecular formula is C25H44O5. The molecule has 0 saturated carbocycles. The van der Waals surface area contributed by atoms with E-state index in [0.29, 0.717) is 6.61 Å². The van der Waals surface area contributed by atoms with Gasteiger partial charge in [0.2, 0.25) is 5.78 Å². The van der Waals surface area contributed by atoms with Crippen molar-refractivity contribution in [3.63, 3.8) is 0 Å². The molecule has 0 aliphatic heterocycles. The van der Waals surface area contributed by atoms with Crippen LogP contribution in [0.5, 0.6) is 0 Å². The molecule has 0 amide bonds. The lowest BCUT2D eigenvalue weighted by atomic mass is 9.91. The summed E-state index contributed by atoms with van der Waals surface area (Å²) in [7, 11) is 0. The number of aliphatic hydroxyl groups is 2. The molecule has 174 valence electrons. The minimum absolute atomic E-state index is 0.0185. The first-order valence-corrected chi connectivity index (χ1v) is 12.4. The summed E-state index contributed by atoms with van der Waals surface area (Å²) in [5.41, 5.74) is 0. The molecule has 30 heavy (non-hydrogen) atoms. The number of rotatable bonds is 18. The largest absolute Gasteiger partial charge is 0.508 e. The van der Waals surface area contributed by atoms with Crippen molar-refractivity contribution >= 4 is 11.8 Å². The summed E-state index contributed by atoms with van der Waals surface area (Å²) in [5.74, 6) is -2.74. The molecule has 0 aromatic rings. The Kier molecular flexibility index (Phi) is 15.2. The van der Waals surface area contributed by atoms with Crippen LogP contribution in [0.4, 0.5) is 0 Å². The van der Waals surface area contributed by atoms with Gasteiger partial charge in [-0.15, -0.1) is 0 Å². The molecule has 0 spiro atoms. The number of carbonyl (C=O) groups excluding carboxylic acids is 2. The fourth-order valence-electron chi connectivity index (χ4n) is 3.99. The lowest BCUT2D eigenvalue weighted by Gasteiger charge is -2.19. The number of allylic oxidation sites excluding steroid dienone is 2. The predicted octanol–water partition coefficient (Wildman–Crippen LogP) is 7.10. The third kappa shape index (κ3) is 12.2. The second kappa shape index (κ2) is 17.2. The van der Waals surface area contributed by atoms with Crippen LogP contribution in [0.3, 0.4) is 0 Å². The standard InChI is InChI=1S/C25H44O5/c1-2-3-4-5-6-7-8-9-10-11-12-13-14-15-16-17-18-30-25(29)21-19-22(26)24(28)23(27)20-21/h21,26,28H,2-20H2,1H3. The van der Waals surface area contributed by atoms with Gasteiger partial charge in [0, 0.05) is 12.8 Å². The van der Waals surface area contributed by atoms with Crippen LogP contribution in [0.2, 0.25) is 0 Å². The Balaban J connectivity index is 1.84. The highest BCUT2D eigenvalue weighted by Crippen LogP contribution is 2.25. The number of hydrogen-bond acceptors (Lipinski definition) is 5. The van der Waals surface area contributed by atoms with Gasteiger partial charge >= 0.3 is 5.97 Å². The Hall–Kier alpha value is -1.52. The number of carbonyl (C=O) groups is 2. The maximum atomic E-state index is 12.0. The molecule has 2 N–H and O–H groups in total. The number of Topliss-reactive ketones (excluding diaryl/α,β-unsaturated/α-hetero) is 1. The van der Waals surface area contributed by atoms with Crippen molar-refractivity contribution in [3.05, 3.63) is 11.5 Å². The van der Waals surface area contributed by atoms with Gasteiger partial charge in [-0.05, 0) is 6.42 Å². The fraction of sp³-hybridized carbons (Fsp3) is 0.840. The Labute approximate surface area is 183 Å². The molecular weight excluding hydrogens is 380 g/mol. The van der Waals surface area contributed by atoms with E-state index < -0.39 is 29.2 Å². The molecule has 1 aliphatic rings. The summed E-state index contributed by atoms with van der Waals surface area (Å²) >= 11 is 0. The van der Waals surface area contributed by atoms with Crippen molar-refractivity contribution in [1.29, 1.82) is 0 Å². The molecule has 1 atom stereocenters.